The predicted molar refractivity (Wildman–Crippen MR) is 89.6 cm³/mol. The number of anilines is 1. The summed E-state index contributed by atoms with van der Waals surface area (Å²) in [5.74, 6) is 0.835. The van der Waals surface area contributed by atoms with Crippen molar-refractivity contribution in [1.29, 1.82) is 0 Å². The summed E-state index contributed by atoms with van der Waals surface area (Å²) in [6.07, 6.45) is 8.71. The van der Waals surface area contributed by atoms with E-state index in [0.717, 1.165) is 30.4 Å². The second-order valence-corrected chi connectivity index (χ2v) is 6.53. The maximum atomic E-state index is 12.2. The Balaban J connectivity index is 1.63. The van der Waals surface area contributed by atoms with Crippen molar-refractivity contribution in [3.8, 4) is 6.01 Å². The second kappa shape index (κ2) is 7.08. The molecule has 0 spiro atoms. The fraction of sp³-hybridized carbons (Fsp3) is 0.467. The van der Waals surface area contributed by atoms with Crippen LogP contribution in [0.2, 0.25) is 0 Å². The van der Waals surface area contributed by atoms with Gasteiger partial charge in [0.25, 0.3) is 5.56 Å². The topological polar surface area (TPSA) is 73.1 Å². The van der Waals surface area contributed by atoms with Gasteiger partial charge in [-0.1, -0.05) is 0 Å². The average Bonchev–Trinajstić information content (AvgIpc) is 2.57. The minimum absolute atomic E-state index is 0.0645. The van der Waals surface area contributed by atoms with Crippen LogP contribution in [0.5, 0.6) is 6.01 Å². The maximum absolute atomic E-state index is 12.2. The number of piperidine rings is 1. The van der Waals surface area contributed by atoms with Crippen molar-refractivity contribution >= 4 is 21.7 Å². The van der Waals surface area contributed by atoms with E-state index in [-0.39, 0.29) is 5.56 Å². The van der Waals surface area contributed by atoms with Gasteiger partial charge in [-0.15, -0.1) is 0 Å². The van der Waals surface area contributed by atoms with Crippen LogP contribution in [0.15, 0.2) is 34.1 Å². The monoisotopic (exact) mass is 379 g/mol. The van der Waals surface area contributed by atoms with Gasteiger partial charge in [0, 0.05) is 50.8 Å². The van der Waals surface area contributed by atoms with Crippen LogP contribution in [0, 0.1) is 5.92 Å². The standard InChI is InChI=1S/C15H18BrN5O2/c1-20-6-4-17-13(14(20)22)21-5-2-3-11(9-21)10-23-15-18-7-12(16)8-19-15/h4,6-8,11H,2-3,5,9-10H2,1H3. The number of aryl methyl sites for hydroxylation is 1. The Kier molecular flexibility index (Phi) is 4.90. The van der Waals surface area contributed by atoms with E-state index in [4.69, 9.17) is 4.74 Å². The van der Waals surface area contributed by atoms with Gasteiger partial charge in [-0.3, -0.25) is 4.79 Å². The van der Waals surface area contributed by atoms with E-state index in [1.54, 1.807) is 36.4 Å². The first kappa shape index (κ1) is 15.9. The van der Waals surface area contributed by atoms with Gasteiger partial charge in [-0.25, -0.2) is 15.0 Å². The Hall–Kier alpha value is -1.96. The molecule has 0 bridgehead atoms. The molecule has 2 aromatic heterocycles. The number of ether oxygens (including phenoxy) is 1. The molecule has 1 fully saturated rings. The highest BCUT2D eigenvalue weighted by Gasteiger charge is 2.23. The summed E-state index contributed by atoms with van der Waals surface area (Å²) in [7, 11) is 1.74. The lowest BCUT2D eigenvalue weighted by Crippen LogP contribution is -2.41. The molecule has 1 unspecified atom stereocenters. The van der Waals surface area contributed by atoms with E-state index < -0.39 is 0 Å². The van der Waals surface area contributed by atoms with Crippen molar-refractivity contribution in [2.75, 3.05) is 24.6 Å². The van der Waals surface area contributed by atoms with Crippen molar-refractivity contribution in [1.82, 2.24) is 19.5 Å². The molecule has 0 amide bonds. The molecular weight excluding hydrogens is 362 g/mol. The number of hydrogen-bond donors (Lipinski definition) is 0. The van der Waals surface area contributed by atoms with Crippen molar-refractivity contribution in [3.63, 3.8) is 0 Å². The molecule has 122 valence electrons. The minimum atomic E-state index is -0.0645. The van der Waals surface area contributed by atoms with Crippen LogP contribution >= 0.6 is 15.9 Å². The lowest BCUT2D eigenvalue weighted by Gasteiger charge is -2.32. The fourth-order valence-corrected chi connectivity index (χ4v) is 2.87. The number of rotatable bonds is 4. The molecule has 1 aliphatic heterocycles. The highest BCUT2D eigenvalue weighted by Crippen LogP contribution is 2.20. The fourth-order valence-electron chi connectivity index (χ4n) is 2.66. The van der Waals surface area contributed by atoms with Crippen molar-refractivity contribution in [3.05, 3.63) is 39.6 Å². The van der Waals surface area contributed by atoms with Gasteiger partial charge in [-0.05, 0) is 28.8 Å². The van der Waals surface area contributed by atoms with Crippen molar-refractivity contribution in [2.24, 2.45) is 13.0 Å². The van der Waals surface area contributed by atoms with Gasteiger partial charge in [0.2, 0.25) is 0 Å². The molecule has 8 heteroatoms. The Morgan fingerprint density at radius 3 is 2.91 bits per heavy atom. The summed E-state index contributed by atoms with van der Waals surface area (Å²) in [5, 5.41) is 0. The minimum Gasteiger partial charge on any atom is -0.463 e. The van der Waals surface area contributed by atoms with E-state index in [2.05, 4.69) is 30.9 Å². The third-order valence-corrected chi connectivity index (χ3v) is 4.27. The maximum Gasteiger partial charge on any atom is 0.316 e. The second-order valence-electron chi connectivity index (χ2n) is 5.62. The van der Waals surface area contributed by atoms with Gasteiger partial charge in [0.15, 0.2) is 5.82 Å². The summed E-state index contributed by atoms with van der Waals surface area (Å²) >= 11 is 3.29. The summed E-state index contributed by atoms with van der Waals surface area (Å²) < 4.78 is 8.04. The van der Waals surface area contributed by atoms with E-state index in [0.29, 0.717) is 24.4 Å². The van der Waals surface area contributed by atoms with Crippen LogP contribution in [0.4, 0.5) is 5.82 Å². The molecule has 3 heterocycles. The average molecular weight is 380 g/mol. The summed E-state index contributed by atoms with van der Waals surface area (Å²) in [6, 6.07) is 0.374. The van der Waals surface area contributed by atoms with Gasteiger partial charge in [0.1, 0.15) is 0 Å². The zero-order chi connectivity index (χ0) is 16.2. The zero-order valence-electron chi connectivity index (χ0n) is 12.9. The molecular formula is C15H18BrN5O2. The van der Waals surface area contributed by atoms with Crippen LogP contribution in [0.1, 0.15) is 12.8 Å². The zero-order valence-corrected chi connectivity index (χ0v) is 14.4. The van der Waals surface area contributed by atoms with Crippen molar-refractivity contribution < 1.29 is 4.74 Å². The number of halogens is 1. The van der Waals surface area contributed by atoms with E-state index in [1.807, 2.05) is 4.90 Å². The van der Waals surface area contributed by atoms with Gasteiger partial charge in [-0.2, -0.15) is 0 Å². The van der Waals surface area contributed by atoms with E-state index >= 15 is 0 Å². The third kappa shape index (κ3) is 3.87. The Labute approximate surface area is 142 Å². The quantitative estimate of drug-likeness (QED) is 0.803. The van der Waals surface area contributed by atoms with Crippen molar-refractivity contribution in [2.45, 2.75) is 12.8 Å². The first-order valence-electron chi connectivity index (χ1n) is 7.50. The van der Waals surface area contributed by atoms with Gasteiger partial charge in [0.05, 0.1) is 11.1 Å². The predicted octanol–water partition coefficient (Wildman–Crippen LogP) is 1.63. The molecule has 0 radical (unpaired) electrons. The molecule has 1 saturated heterocycles. The lowest BCUT2D eigenvalue weighted by atomic mass is 9.99. The number of aromatic nitrogens is 4. The SMILES string of the molecule is Cn1ccnc(N2CCCC(COc3ncc(Br)cn3)C2)c1=O. The lowest BCUT2D eigenvalue weighted by molar-refractivity contribution is 0.213. The normalized spacial score (nSPS) is 18.0. The Morgan fingerprint density at radius 2 is 2.13 bits per heavy atom. The first-order chi connectivity index (χ1) is 11.1. The summed E-state index contributed by atoms with van der Waals surface area (Å²) in [6.45, 7) is 2.13. The molecule has 2 aromatic rings. The smallest absolute Gasteiger partial charge is 0.316 e. The number of hydrogen-bond acceptors (Lipinski definition) is 6. The van der Waals surface area contributed by atoms with E-state index in [1.165, 1.54) is 0 Å². The summed E-state index contributed by atoms with van der Waals surface area (Å²) in [5.41, 5.74) is -0.0645. The van der Waals surface area contributed by atoms with Gasteiger partial charge < -0.3 is 14.2 Å². The highest BCUT2D eigenvalue weighted by molar-refractivity contribution is 9.10. The Bertz CT molecular complexity index is 719. The molecule has 3 rings (SSSR count). The van der Waals surface area contributed by atoms with Crippen LogP contribution in [-0.2, 0) is 7.05 Å². The number of nitrogens with zero attached hydrogens (tertiary/aromatic N) is 5. The third-order valence-electron chi connectivity index (χ3n) is 3.86. The van der Waals surface area contributed by atoms with Crippen LogP contribution in [0.25, 0.3) is 0 Å². The molecule has 0 aliphatic carbocycles. The molecule has 0 N–H and O–H groups in total. The largest absolute Gasteiger partial charge is 0.463 e. The molecule has 0 saturated carbocycles. The molecule has 1 atom stereocenters. The van der Waals surface area contributed by atoms with Crippen LogP contribution in [0.3, 0.4) is 0 Å². The van der Waals surface area contributed by atoms with Crippen LogP contribution in [-0.4, -0.2) is 39.2 Å². The van der Waals surface area contributed by atoms with Gasteiger partial charge >= 0.3 is 6.01 Å². The summed E-state index contributed by atoms with van der Waals surface area (Å²) in [4.78, 5) is 26.7. The molecule has 1 aliphatic rings. The first-order valence-corrected chi connectivity index (χ1v) is 8.29. The van der Waals surface area contributed by atoms with E-state index in [9.17, 15) is 4.79 Å². The molecule has 23 heavy (non-hydrogen) atoms. The highest BCUT2D eigenvalue weighted by atomic mass is 79.9. The molecule has 7 nitrogen and oxygen atoms in total. The molecule has 0 aromatic carbocycles. The van der Waals surface area contributed by atoms with Crippen LogP contribution < -0.4 is 15.2 Å². The Morgan fingerprint density at radius 1 is 1.35 bits per heavy atom.